The fourth-order valence-corrected chi connectivity index (χ4v) is 1.69. The van der Waals surface area contributed by atoms with E-state index >= 15 is 0 Å². The van der Waals surface area contributed by atoms with Gasteiger partial charge in [-0.2, -0.15) is 0 Å². The molecule has 0 atom stereocenters. The Labute approximate surface area is 109 Å². The molecular weight excluding hydrogens is 242 g/mol. The molecule has 2 aromatic heterocycles. The fraction of sp³-hybridized carbons (Fsp3) is 0.0769. The summed E-state index contributed by atoms with van der Waals surface area (Å²) in [6.45, 7) is 0. The first-order chi connectivity index (χ1) is 9.36. The number of nitrogens with zero attached hydrogens (tertiary/aromatic N) is 4. The molecule has 0 bridgehead atoms. The number of aromatic amines is 1. The van der Waals surface area contributed by atoms with Crippen LogP contribution in [0.4, 0.5) is 0 Å². The van der Waals surface area contributed by atoms with E-state index in [0.29, 0.717) is 11.5 Å². The summed E-state index contributed by atoms with van der Waals surface area (Å²) in [5.74, 6) is 1.33. The molecule has 6 nitrogen and oxygen atoms in total. The van der Waals surface area contributed by atoms with Gasteiger partial charge in [0.15, 0.2) is 5.82 Å². The summed E-state index contributed by atoms with van der Waals surface area (Å²) in [4.78, 5) is 4.50. The van der Waals surface area contributed by atoms with Crippen LogP contribution in [0.2, 0.25) is 0 Å². The van der Waals surface area contributed by atoms with Gasteiger partial charge in [0.1, 0.15) is 11.4 Å². The number of aromatic nitrogens is 5. The van der Waals surface area contributed by atoms with Gasteiger partial charge >= 0.3 is 0 Å². The predicted octanol–water partition coefficient (Wildman–Crippen LogP) is 1.74. The zero-order chi connectivity index (χ0) is 13.1. The summed E-state index contributed by atoms with van der Waals surface area (Å²) >= 11 is 0. The molecule has 0 saturated carbocycles. The normalized spacial score (nSPS) is 10.4. The number of pyridine rings is 1. The summed E-state index contributed by atoms with van der Waals surface area (Å²) < 4.78 is 5.13. The van der Waals surface area contributed by atoms with Crippen molar-refractivity contribution in [1.82, 2.24) is 25.6 Å². The van der Waals surface area contributed by atoms with Gasteiger partial charge in [0.2, 0.25) is 0 Å². The van der Waals surface area contributed by atoms with Crippen molar-refractivity contribution in [2.24, 2.45) is 0 Å². The zero-order valence-corrected chi connectivity index (χ0v) is 10.2. The maximum Gasteiger partial charge on any atom is 0.198 e. The summed E-state index contributed by atoms with van der Waals surface area (Å²) in [5, 5.41) is 13.6. The number of nitrogens with one attached hydrogen (secondary N) is 1. The number of tetrazole rings is 1. The highest BCUT2D eigenvalue weighted by Gasteiger charge is 2.06. The largest absolute Gasteiger partial charge is 0.497 e. The van der Waals surface area contributed by atoms with Gasteiger partial charge in [0, 0.05) is 5.56 Å². The lowest BCUT2D eigenvalue weighted by molar-refractivity contribution is 0.415. The number of hydrogen-bond donors (Lipinski definition) is 1. The lowest BCUT2D eigenvalue weighted by Crippen LogP contribution is -1.90. The molecule has 0 aliphatic rings. The monoisotopic (exact) mass is 252 g/mol. The fourth-order valence-electron chi connectivity index (χ4n) is 1.69. The molecule has 0 aliphatic carbocycles. The van der Waals surface area contributed by atoms with E-state index in [4.69, 9.17) is 4.74 Å². The Kier molecular flexibility index (Phi) is 2.89. The number of ether oxygens (including phenoxy) is 1. The molecule has 3 aromatic rings. The third-order valence-electron chi connectivity index (χ3n) is 2.65. The Bertz CT molecular complexity index is 664. The smallest absolute Gasteiger partial charge is 0.198 e. The lowest BCUT2D eigenvalue weighted by Gasteiger charge is -2.04. The van der Waals surface area contributed by atoms with Crippen LogP contribution in [-0.4, -0.2) is 32.7 Å². The zero-order valence-electron chi connectivity index (χ0n) is 10.2. The van der Waals surface area contributed by atoms with Crippen LogP contribution in [0.15, 0.2) is 36.4 Å². The van der Waals surface area contributed by atoms with Gasteiger partial charge in [-0.15, -0.1) is 5.10 Å². The van der Waals surface area contributed by atoms with Crippen molar-refractivity contribution in [3.05, 3.63) is 42.5 Å². The minimum atomic E-state index is 0.520. The van der Waals surface area contributed by atoms with Crippen LogP contribution in [0.1, 0.15) is 0 Å². The van der Waals surface area contributed by atoms with Crippen LogP contribution < -0.4 is 4.74 Å². The van der Waals surface area contributed by atoms with Crippen LogP contribution in [0, 0.1) is 6.07 Å². The second-order valence-electron chi connectivity index (χ2n) is 3.82. The number of hydrogen-bond acceptors (Lipinski definition) is 5. The molecular formula is C13H10N5O. The summed E-state index contributed by atoms with van der Waals surface area (Å²) in [5.41, 5.74) is 2.43. The molecule has 1 N–H and O–H groups in total. The third-order valence-corrected chi connectivity index (χ3v) is 2.65. The standard InChI is InChI=1S/C13H10N5O/c1-19-10-7-5-9(6-8-10)11-3-2-4-12(14-11)13-15-17-18-16-13/h3-8H,1H3,(H,15,16,17,18). The average molecular weight is 252 g/mol. The molecule has 0 saturated heterocycles. The Hall–Kier alpha value is -2.76. The molecule has 1 radical (unpaired) electrons. The van der Waals surface area contributed by atoms with E-state index in [2.05, 4.69) is 31.7 Å². The first kappa shape index (κ1) is 11.3. The molecule has 3 rings (SSSR count). The molecule has 0 amide bonds. The lowest BCUT2D eigenvalue weighted by atomic mass is 10.1. The van der Waals surface area contributed by atoms with Crippen molar-refractivity contribution >= 4 is 0 Å². The number of benzene rings is 1. The van der Waals surface area contributed by atoms with Crippen LogP contribution in [0.5, 0.6) is 5.75 Å². The molecule has 19 heavy (non-hydrogen) atoms. The highest BCUT2D eigenvalue weighted by atomic mass is 16.5. The van der Waals surface area contributed by atoms with Gasteiger partial charge in [-0.3, -0.25) is 0 Å². The van der Waals surface area contributed by atoms with Crippen LogP contribution >= 0.6 is 0 Å². The second-order valence-corrected chi connectivity index (χ2v) is 3.82. The molecule has 93 valence electrons. The van der Waals surface area contributed by atoms with Crippen molar-refractivity contribution in [2.45, 2.75) is 0 Å². The van der Waals surface area contributed by atoms with E-state index in [1.165, 1.54) is 0 Å². The minimum Gasteiger partial charge on any atom is -0.497 e. The van der Waals surface area contributed by atoms with Crippen molar-refractivity contribution in [3.8, 4) is 28.5 Å². The Balaban J connectivity index is 1.98. The number of H-pyrrole nitrogens is 1. The van der Waals surface area contributed by atoms with Crippen LogP contribution in [-0.2, 0) is 0 Å². The van der Waals surface area contributed by atoms with E-state index in [-0.39, 0.29) is 0 Å². The maximum absolute atomic E-state index is 5.13. The van der Waals surface area contributed by atoms with Crippen LogP contribution in [0.3, 0.4) is 0 Å². The highest BCUT2D eigenvalue weighted by Crippen LogP contribution is 2.22. The average Bonchev–Trinajstić information content (AvgIpc) is 3.02. The maximum atomic E-state index is 5.13. The van der Waals surface area contributed by atoms with Gasteiger partial charge in [-0.1, -0.05) is 0 Å². The van der Waals surface area contributed by atoms with Gasteiger partial charge in [0.25, 0.3) is 0 Å². The van der Waals surface area contributed by atoms with Crippen molar-refractivity contribution in [3.63, 3.8) is 0 Å². The molecule has 0 unspecified atom stereocenters. The molecule has 0 aliphatic heterocycles. The van der Waals surface area contributed by atoms with Gasteiger partial charge in [0.05, 0.1) is 12.8 Å². The van der Waals surface area contributed by atoms with Crippen molar-refractivity contribution in [1.29, 1.82) is 0 Å². The van der Waals surface area contributed by atoms with E-state index < -0.39 is 0 Å². The van der Waals surface area contributed by atoms with E-state index in [1.807, 2.05) is 30.3 Å². The third kappa shape index (κ3) is 2.28. The first-order valence-electron chi connectivity index (χ1n) is 5.63. The van der Waals surface area contributed by atoms with E-state index in [1.54, 1.807) is 13.2 Å². The molecule has 6 heteroatoms. The molecule has 0 fully saturated rings. The van der Waals surface area contributed by atoms with Gasteiger partial charge in [-0.25, -0.2) is 10.1 Å². The minimum absolute atomic E-state index is 0.520. The highest BCUT2D eigenvalue weighted by molar-refractivity contribution is 5.63. The molecule has 2 heterocycles. The second kappa shape index (κ2) is 4.85. The van der Waals surface area contributed by atoms with Crippen molar-refractivity contribution < 1.29 is 4.74 Å². The SMILES string of the molecule is COc1ccc(-c2c[c]cc(-c3nnn[nH]3)n2)cc1. The van der Waals surface area contributed by atoms with Gasteiger partial charge in [-0.05, 0) is 52.9 Å². The quantitative estimate of drug-likeness (QED) is 0.768. The topological polar surface area (TPSA) is 76.6 Å². The molecule has 1 aromatic carbocycles. The number of methoxy groups -OCH3 is 1. The predicted molar refractivity (Wildman–Crippen MR) is 68.2 cm³/mol. The molecule has 0 spiro atoms. The Morgan fingerprint density at radius 2 is 1.89 bits per heavy atom. The summed E-state index contributed by atoms with van der Waals surface area (Å²) in [6, 6.07) is 14.2. The van der Waals surface area contributed by atoms with Crippen LogP contribution in [0.25, 0.3) is 22.8 Å². The number of rotatable bonds is 3. The van der Waals surface area contributed by atoms with Crippen molar-refractivity contribution in [2.75, 3.05) is 7.11 Å². The Morgan fingerprint density at radius 1 is 1.11 bits per heavy atom. The van der Waals surface area contributed by atoms with E-state index in [0.717, 1.165) is 17.0 Å². The van der Waals surface area contributed by atoms with E-state index in [9.17, 15) is 0 Å². The summed E-state index contributed by atoms with van der Waals surface area (Å²) in [6.07, 6.45) is 0. The summed E-state index contributed by atoms with van der Waals surface area (Å²) in [7, 11) is 1.64. The Morgan fingerprint density at radius 3 is 2.58 bits per heavy atom. The first-order valence-corrected chi connectivity index (χ1v) is 5.63. The van der Waals surface area contributed by atoms with Gasteiger partial charge < -0.3 is 4.74 Å².